The van der Waals surface area contributed by atoms with Crippen LogP contribution in [0.2, 0.25) is 0 Å². The third-order valence-corrected chi connectivity index (χ3v) is 2.23. The lowest BCUT2D eigenvalue weighted by molar-refractivity contribution is -0.115. The SMILES string of the molecule is N#Cc1ccc(NC(=O)Cc2ccccn2)nc1. The molecule has 1 N–H and O–H groups in total. The minimum absolute atomic E-state index is 0.189. The molecule has 0 unspecified atom stereocenters. The highest BCUT2D eigenvalue weighted by atomic mass is 16.1. The van der Waals surface area contributed by atoms with Gasteiger partial charge in [0.05, 0.1) is 12.0 Å². The van der Waals surface area contributed by atoms with Gasteiger partial charge in [-0.2, -0.15) is 5.26 Å². The molecular formula is C13H10N4O. The summed E-state index contributed by atoms with van der Waals surface area (Å²) in [4.78, 5) is 19.7. The lowest BCUT2D eigenvalue weighted by atomic mass is 10.2. The summed E-state index contributed by atoms with van der Waals surface area (Å²) in [5, 5.41) is 11.3. The molecule has 0 atom stereocenters. The number of aromatic nitrogens is 2. The standard InChI is InChI=1S/C13H10N4O/c14-8-10-4-5-12(16-9-10)17-13(18)7-11-3-1-2-6-15-11/h1-6,9H,7H2,(H,16,17,18). The molecule has 2 rings (SSSR count). The number of amides is 1. The van der Waals surface area contributed by atoms with Crippen LogP contribution in [0.1, 0.15) is 11.3 Å². The molecule has 88 valence electrons. The normalized spacial score (nSPS) is 9.50. The van der Waals surface area contributed by atoms with Crippen LogP contribution in [0.25, 0.3) is 0 Å². The van der Waals surface area contributed by atoms with E-state index in [1.54, 1.807) is 30.5 Å². The summed E-state index contributed by atoms with van der Waals surface area (Å²) in [6.07, 6.45) is 3.25. The number of hydrogen-bond acceptors (Lipinski definition) is 4. The molecule has 0 saturated heterocycles. The first-order valence-corrected chi connectivity index (χ1v) is 5.34. The van der Waals surface area contributed by atoms with E-state index in [9.17, 15) is 4.79 Å². The molecule has 0 fully saturated rings. The smallest absolute Gasteiger partial charge is 0.231 e. The molecule has 2 heterocycles. The highest BCUT2D eigenvalue weighted by Crippen LogP contribution is 2.05. The lowest BCUT2D eigenvalue weighted by Gasteiger charge is -2.03. The van der Waals surface area contributed by atoms with Gasteiger partial charge in [-0.1, -0.05) is 6.07 Å². The Labute approximate surface area is 104 Å². The summed E-state index contributed by atoms with van der Waals surface area (Å²) in [5.74, 6) is 0.237. The maximum atomic E-state index is 11.7. The summed E-state index contributed by atoms with van der Waals surface area (Å²) >= 11 is 0. The minimum Gasteiger partial charge on any atom is -0.310 e. The van der Waals surface area contributed by atoms with E-state index in [0.29, 0.717) is 17.1 Å². The highest BCUT2D eigenvalue weighted by Gasteiger charge is 2.05. The fourth-order valence-corrected chi connectivity index (χ4v) is 1.39. The maximum absolute atomic E-state index is 11.7. The van der Waals surface area contributed by atoms with Crippen LogP contribution < -0.4 is 5.32 Å². The number of nitriles is 1. The second-order valence-electron chi connectivity index (χ2n) is 3.59. The van der Waals surface area contributed by atoms with Crippen LogP contribution in [0.3, 0.4) is 0 Å². The largest absolute Gasteiger partial charge is 0.310 e. The van der Waals surface area contributed by atoms with Crippen molar-refractivity contribution in [3.05, 3.63) is 54.0 Å². The van der Waals surface area contributed by atoms with Crippen LogP contribution in [0.4, 0.5) is 5.82 Å². The van der Waals surface area contributed by atoms with E-state index < -0.39 is 0 Å². The van der Waals surface area contributed by atoms with E-state index in [1.165, 1.54) is 6.20 Å². The zero-order valence-electron chi connectivity index (χ0n) is 9.50. The number of pyridine rings is 2. The zero-order chi connectivity index (χ0) is 12.8. The van der Waals surface area contributed by atoms with Crippen LogP contribution in [-0.4, -0.2) is 15.9 Å². The van der Waals surface area contributed by atoms with Gasteiger partial charge >= 0.3 is 0 Å². The molecule has 5 heteroatoms. The van der Waals surface area contributed by atoms with E-state index in [0.717, 1.165) is 0 Å². The van der Waals surface area contributed by atoms with E-state index in [2.05, 4.69) is 15.3 Å². The quantitative estimate of drug-likeness (QED) is 0.879. The Balaban J connectivity index is 1.97. The monoisotopic (exact) mass is 238 g/mol. The molecule has 0 radical (unpaired) electrons. The van der Waals surface area contributed by atoms with Gasteiger partial charge in [0.15, 0.2) is 0 Å². The molecule has 0 aliphatic carbocycles. The summed E-state index contributed by atoms with van der Waals surface area (Å²) in [6, 6.07) is 10.6. The van der Waals surface area contributed by atoms with E-state index in [4.69, 9.17) is 5.26 Å². The highest BCUT2D eigenvalue weighted by molar-refractivity contribution is 5.91. The van der Waals surface area contributed by atoms with Crippen LogP contribution >= 0.6 is 0 Å². The fraction of sp³-hybridized carbons (Fsp3) is 0.0769. The molecule has 1 amide bonds. The Kier molecular flexibility index (Phi) is 3.62. The van der Waals surface area contributed by atoms with Crippen molar-refractivity contribution in [2.45, 2.75) is 6.42 Å². The third kappa shape index (κ3) is 3.12. The van der Waals surface area contributed by atoms with Crippen molar-refractivity contribution < 1.29 is 4.79 Å². The summed E-state index contributed by atoms with van der Waals surface area (Å²) in [6.45, 7) is 0. The predicted molar refractivity (Wildman–Crippen MR) is 65.5 cm³/mol. The number of rotatable bonds is 3. The zero-order valence-corrected chi connectivity index (χ0v) is 9.50. The topological polar surface area (TPSA) is 78.7 Å². The van der Waals surface area contributed by atoms with Crippen LogP contribution in [-0.2, 0) is 11.2 Å². The van der Waals surface area contributed by atoms with Crippen LogP contribution in [0, 0.1) is 11.3 Å². The number of nitrogens with zero attached hydrogens (tertiary/aromatic N) is 3. The van der Waals surface area contributed by atoms with Crippen molar-refractivity contribution in [3.8, 4) is 6.07 Å². The van der Waals surface area contributed by atoms with Crippen molar-refractivity contribution >= 4 is 11.7 Å². The molecule has 18 heavy (non-hydrogen) atoms. The first-order valence-electron chi connectivity index (χ1n) is 5.34. The fourth-order valence-electron chi connectivity index (χ4n) is 1.39. The second-order valence-corrected chi connectivity index (χ2v) is 3.59. The van der Waals surface area contributed by atoms with Gasteiger partial charge < -0.3 is 5.32 Å². The maximum Gasteiger partial charge on any atom is 0.231 e. The summed E-state index contributed by atoms with van der Waals surface area (Å²) in [7, 11) is 0. The van der Waals surface area contributed by atoms with Gasteiger partial charge in [-0.15, -0.1) is 0 Å². The first kappa shape index (κ1) is 11.7. The first-order chi connectivity index (χ1) is 8.78. The Morgan fingerprint density at radius 1 is 1.28 bits per heavy atom. The molecule has 0 aliphatic heterocycles. The Hall–Kier alpha value is -2.74. The van der Waals surface area contributed by atoms with Gasteiger partial charge in [0.1, 0.15) is 11.9 Å². The minimum atomic E-state index is -0.189. The number of carbonyl (C=O) groups is 1. The van der Waals surface area contributed by atoms with Gasteiger partial charge in [-0.25, -0.2) is 4.98 Å². The average molecular weight is 238 g/mol. The van der Waals surface area contributed by atoms with Crippen molar-refractivity contribution in [2.75, 3.05) is 5.32 Å². The number of anilines is 1. The molecule has 0 aromatic carbocycles. The number of hydrogen-bond donors (Lipinski definition) is 1. The van der Waals surface area contributed by atoms with E-state index in [-0.39, 0.29) is 12.3 Å². The molecule has 5 nitrogen and oxygen atoms in total. The Bertz CT molecular complexity index is 572. The van der Waals surface area contributed by atoms with E-state index >= 15 is 0 Å². The summed E-state index contributed by atoms with van der Waals surface area (Å²) < 4.78 is 0. The van der Waals surface area contributed by atoms with E-state index in [1.807, 2.05) is 12.1 Å². The van der Waals surface area contributed by atoms with Gasteiger partial charge in [-0.3, -0.25) is 9.78 Å². The number of nitrogens with one attached hydrogen (secondary N) is 1. The van der Waals surface area contributed by atoms with Crippen LogP contribution in [0.15, 0.2) is 42.7 Å². The van der Waals surface area contributed by atoms with Crippen molar-refractivity contribution in [3.63, 3.8) is 0 Å². The third-order valence-electron chi connectivity index (χ3n) is 2.23. The molecule has 2 aromatic heterocycles. The molecular weight excluding hydrogens is 228 g/mol. The molecule has 0 aliphatic rings. The molecule has 0 bridgehead atoms. The molecule has 2 aromatic rings. The van der Waals surface area contributed by atoms with Gasteiger partial charge in [0, 0.05) is 18.1 Å². The average Bonchev–Trinajstić information content (AvgIpc) is 2.40. The Morgan fingerprint density at radius 2 is 2.17 bits per heavy atom. The molecule has 0 spiro atoms. The Morgan fingerprint density at radius 3 is 2.78 bits per heavy atom. The number of carbonyl (C=O) groups excluding carboxylic acids is 1. The van der Waals surface area contributed by atoms with Gasteiger partial charge in [-0.05, 0) is 24.3 Å². The van der Waals surface area contributed by atoms with Gasteiger partial charge in [0.2, 0.25) is 5.91 Å². The second kappa shape index (κ2) is 5.55. The predicted octanol–water partition coefficient (Wildman–Crippen LogP) is 1.53. The molecule has 0 saturated carbocycles. The lowest BCUT2D eigenvalue weighted by Crippen LogP contribution is -2.15. The van der Waals surface area contributed by atoms with Crippen molar-refractivity contribution in [2.24, 2.45) is 0 Å². The van der Waals surface area contributed by atoms with Crippen molar-refractivity contribution in [1.82, 2.24) is 9.97 Å². The van der Waals surface area contributed by atoms with Gasteiger partial charge in [0.25, 0.3) is 0 Å². The summed E-state index contributed by atoms with van der Waals surface area (Å²) in [5.41, 5.74) is 1.15. The van der Waals surface area contributed by atoms with Crippen molar-refractivity contribution in [1.29, 1.82) is 5.26 Å². The van der Waals surface area contributed by atoms with Crippen LogP contribution in [0.5, 0.6) is 0 Å².